The topological polar surface area (TPSA) is 26.3 Å². The number of hydrogen-bond acceptors (Lipinski definition) is 2. The molecule has 1 atom stereocenters. The Morgan fingerprint density at radius 1 is 1.04 bits per heavy atom. The molecule has 1 rings (SSSR count). The largest absolute Gasteiger partial charge is 0.449 e. The zero-order valence-corrected chi connectivity index (χ0v) is 16.7. The number of carbonyl (C=O) groups is 1. The Labute approximate surface area is 159 Å². The molecule has 1 unspecified atom stereocenters. The first-order valence-electron chi connectivity index (χ1n) is 9.67. The van der Waals surface area contributed by atoms with E-state index in [1.54, 1.807) is 0 Å². The lowest BCUT2D eigenvalue weighted by molar-refractivity contribution is -0.156. The minimum absolute atomic E-state index is 0.184. The van der Waals surface area contributed by atoms with Crippen molar-refractivity contribution >= 4 is 5.97 Å². The van der Waals surface area contributed by atoms with Crippen molar-refractivity contribution in [3.8, 4) is 23.7 Å². The fourth-order valence-electron chi connectivity index (χ4n) is 2.15. The van der Waals surface area contributed by atoms with Crippen LogP contribution >= 0.6 is 0 Å². The van der Waals surface area contributed by atoms with Crippen molar-refractivity contribution in [3.05, 3.63) is 35.9 Å². The Kier molecular flexibility index (Phi) is 10.3. The highest BCUT2D eigenvalue weighted by Crippen LogP contribution is 2.18. The smallest absolute Gasteiger partial charge is 0.312 e. The van der Waals surface area contributed by atoms with Gasteiger partial charge in [0, 0.05) is 18.4 Å². The molecule has 1 aromatic rings. The number of ether oxygens (including phenoxy) is 1. The van der Waals surface area contributed by atoms with Crippen molar-refractivity contribution in [1.29, 1.82) is 0 Å². The molecule has 140 valence electrons. The molecule has 26 heavy (non-hydrogen) atoms. The third-order valence-electron chi connectivity index (χ3n) is 3.80. The van der Waals surface area contributed by atoms with E-state index >= 15 is 0 Å². The zero-order chi connectivity index (χ0) is 19.3. The average molecular weight is 353 g/mol. The fraction of sp³-hybridized carbons (Fsp3) is 0.542. The molecule has 0 bridgehead atoms. The van der Waals surface area contributed by atoms with E-state index in [2.05, 4.69) is 30.6 Å². The van der Waals surface area contributed by atoms with Gasteiger partial charge in [0.1, 0.15) is 0 Å². The second-order valence-electron chi connectivity index (χ2n) is 7.48. The van der Waals surface area contributed by atoms with E-state index in [9.17, 15) is 4.79 Å². The van der Waals surface area contributed by atoms with E-state index in [-0.39, 0.29) is 12.1 Å². The van der Waals surface area contributed by atoms with Gasteiger partial charge < -0.3 is 4.74 Å². The molecule has 0 saturated heterocycles. The van der Waals surface area contributed by atoms with Crippen LogP contribution in [0.5, 0.6) is 0 Å². The predicted molar refractivity (Wildman–Crippen MR) is 108 cm³/mol. The molecule has 0 heterocycles. The highest BCUT2D eigenvalue weighted by atomic mass is 16.5. The van der Waals surface area contributed by atoms with Crippen LogP contribution in [0.4, 0.5) is 0 Å². The van der Waals surface area contributed by atoms with Crippen LogP contribution in [0.25, 0.3) is 0 Å². The van der Waals surface area contributed by atoms with E-state index in [1.165, 1.54) is 0 Å². The quantitative estimate of drug-likeness (QED) is 0.355. The molecule has 0 radical (unpaired) electrons. The summed E-state index contributed by atoms with van der Waals surface area (Å²) in [6, 6.07) is 10.0. The summed E-state index contributed by atoms with van der Waals surface area (Å²) >= 11 is 0. The molecular weight excluding hydrogens is 320 g/mol. The first-order valence-corrected chi connectivity index (χ1v) is 9.67. The van der Waals surface area contributed by atoms with Crippen LogP contribution in [-0.2, 0) is 9.53 Å². The molecular formula is C24H32O2. The van der Waals surface area contributed by atoms with Crippen LogP contribution in [0.15, 0.2) is 30.3 Å². The zero-order valence-electron chi connectivity index (χ0n) is 16.7. The lowest BCUT2D eigenvalue weighted by atomic mass is 9.97. The Bertz CT molecular complexity index is 645. The van der Waals surface area contributed by atoms with Crippen molar-refractivity contribution in [2.24, 2.45) is 5.41 Å². The fourth-order valence-corrected chi connectivity index (χ4v) is 2.15. The molecule has 0 spiro atoms. The molecule has 2 heteroatoms. The molecule has 2 nitrogen and oxygen atoms in total. The predicted octanol–water partition coefficient (Wildman–Crippen LogP) is 5.75. The lowest BCUT2D eigenvalue weighted by Gasteiger charge is -2.20. The van der Waals surface area contributed by atoms with Crippen molar-refractivity contribution in [2.45, 2.75) is 78.7 Å². The SMILES string of the molecule is CCCCC#CC(CCCCC#Cc1ccccc1)OC(=O)C(C)(C)C. The Hall–Kier alpha value is -2.19. The standard InChI is InChI=1S/C24H32O2/c1-5-6-7-14-19-22(26-23(25)24(2,3)4)20-15-9-8-11-16-21-17-12-10-13-18-21/h10,12-13,17-18,22H,5-9,15,20H2,1-4H3. The van der Waals surface area contributed by atoms with Gasteiger partial charge in [-0.25, -0.2) is 0 Å². The summed E-state index contributed by atoms with van der Waals surface area (Å²) in [5, 5.41) is 0. The van der Waals surface area contributed by atoms with Gasteiger partial charge in [0.25, 0.3) is 0 Å². The summed E-state index contributed by atoms with van der Waals surface area (Å²) in [5.74, 6) is 12.5. The first-order chi connectivity index (χ1) is 12.4. The molecule has 0 saturated carbocycles. The van der Waals surface area contributed by atoms with Gasteiger partial charge in [-0.3, -0.25) is 4.79 Å². The monoisotopic (exact) mass is 352 g/mol. The highest BCUT2D eigenvalue weighted by Gasteiger charge is 2.25. The van der Waals surface area contributed by atoms with E-state index in [1.807, 2.05) is 51.1 Å². The molecule has 0 N–H and O–H groups in total. The summed E-state index contributed by atoms with van der Waals surface area (Å²) < 4.78 is 5.62. The second kappa shape index (κ2) is 12.2. The van der Waals surface area contributed by atoms with Crippen molar-refractivity contribution in [2.75, 3.05) is 0 Å². The van der Waals surface area contributed by atoms with Gasteiger partial charge in [0.05, 0.1) is 5.41 Å². The average Bonchev–Trinajstić information content (AvgIpc) is 2.61. The van der Waals surface area contributed by atoms with Crippen LogP contribution in [0, 0.1) is 29.1 Å². The molecule has 0 aromatic heterocycles. The summed E-state index contributed by atoms with van der Waals surface area (Å²) in [5.41, 5.74) is 0.552. The summed E-state index contributed by atoms with van der Waals surface area (Å²) in [7, 11) is 0. The van der Waals surface area contributed by atoms with Crippen LogP contribution in [0.2, 0.25) is 0 Å². The normalized spacial score (nSPS) is 11.5. The van der Waals surface area contributed by atoms with Crippen LogP contribution in [0.1, 0.15) is 78.2 Å². The summed E-state index contributed by atoms with van der Waals surface area (Å²) in [4.78, 5) is 12.1. The van der Waals surface area contributed by atoms with Crippen LogP contribution < -0.4 is 0 Å². The van der Waals surface area contributed by atoms with Gasteiger partial charge in [0.15, 0.2) is 6.10 Å². The number of esters is 1. The maximum atomic E-state index is 12.1. The van der Waals surface area contributed by atoms with Crippen molar-refractivity contribution in [3.63, 3.8) is 0 Å². The van der Waals surface area contributed by atoms with Gasteiger partial charge in [-0.1, -0.05) is 55.2 Å². The Morgan fingerprint density at radius 2 is 1.73 bits per heavy atom. The molecule has 0 aliphatic rings. The molecule has 0 amide bonds. The number of rotatable bonds is 7. The third kappa shape index (κ3) is 9.95. The van der Waals surface area contributed by atoms with E-state index in [0.29, 0.717) is 0 Å². The number of carbonyl (C=O) groups excluding carboxylic acids is 1. The van der Waals surface area contributed by atoms with Gasteiger partial charge in [-0.2, -0.15) is 0 Å². The summed E-state index contributed by atoms with van der Waals surface area (Å²) in [6.07, 6.45) is 6.33. The minimum Gasteiger partial charge on any atom is -0.449 e. The molecule has 1 aromatic carbocycles. The Balaban J connectivity index is 2.45. The van der Waals surface area contributed by atoms with Crippen LogP contribution in [-0.4, -0.2) is 12.1 Å². The van der Waals surface area contributed by atoms with Gasteiger partial charge >= 0.3 is 5.97 Å². The second-order valence-corrected chi connectivity index (χ2v) is 7.48. The maximum absolute atomic E-state index is 12.1. The summed E-state index contributed by atoms with van der Waals surface area (Å²) in [6.45, 7) is 7.76. The number of benzene rings is 1. The minimum atomic E-state index is -0.496. The first kappa shape index (κ1) is 21.9. The van der Waals surface area contributed by atoms with Gasteiger partial charge in [-0.05, 0) is 58.6 Å². The van der Waals surface area contributed by atoms with E-state index in [4.69, 9.17) is 4.74 Å². The van der Waals surface area contributed by atoms with Crippen molar-refractivity contribution < 1.29 is 9.53 Å². The third-order valence-corrected chi connectivity index (χ3v) is 3.80. The lowest BCUT2D eigenvalue weighted by Crippen LogP contribution is -2.27. The maximum Gasteiger partial charge on any atom is 0.312 e. The van der Waals surface area contributed by atoms with Gasteiger partial charge in [0.2, 0.25) is 0 Å². The van der Waals surface area contributed by atoms with Gasteiger partial charge in [-0.15, -0.1) is 0 Å². The Morgan fingerprint density at radius 3 is 2.38 bits per heavy atom. The van der Waals surface area contributed by atoms with Crippen LogP contribution in [0.3, 0.4) is 0 Å². The molecule has 0 aliphatic heterocycles. The molecule has 0 fully saturated rings. The highest BCUT2D eigenvalue weighted by molar-refractivity contribution is 5.75. The molecule has 0 aliphatic carbocycles. The van der Waals surface area contributed by atoms with E-state index < -0.39 is 5.41 Å². The van der Waals surface area contributed by atoms with E-state index in [0.717, 1.165) is 50.5 Å². The number of hydrogen-bond donors (Lipinski definition) is 0. The van der Waals surface area contributed by atoms with Crippen molar-refractivity contribution in [1.82, 2.24) is 0 Å². The number of unbranched alkanes of at least 4 members (excludes halogenated alkanes) is 4.